The first-order valence-electron chi connectivity index (χ1n) is 9.80. The molecule has 1 N–H and O–H groups in total. The Balaban J connectivity index is 1.40. The number of ether oxygens (including phenoxy) is 1. The van der Waals surface area contributed by atoms with Gasteiger partial charge in [-0.15, -0.1) is 0 Å². The smallest absolute Gasteiger partial charge is 0.337 e. The van der Waals surface area contributed by atoms with Crippen molar-refractivity contribution in [3.63, 3.8) is 0 Å². The number of benzene rings is 1. The van der Waals surface area contributed by atoms with Gasteiger partial charge in [-0.25, -0.2) is 9.78 Å². The molecule has 6 nitrogen and oxygen atoms in total. The van der Waals surface area contributed by atoms with Gasteiger partial charge in [-0.2, -0.15) is 4.98 Å². The lowest BCUT2D eigenvalue weighted by atomic mass is 9.97. The number of hydrogen-bond acceptors (Lipinski definition) is 6. The van der Waals surface area contributed by atoms with Gasteiger partial charge < -0.3 is 15.0 Å². The van der Waals surface area contributed by atoms with E-state index in [1.807, 2.05) is 18.2 Å². The standard InChI is InChI=1S/C21H24N4O2/c1-27-20(26)15-4-5-16-12-25(9-8-14(16)10-15)19-11-18(13-2-3-13)23-21(24-19)22-17-6-7-17/h4-5,10-11,13,17H,2-3,6-9,12H2,1H3,(H,22,23,24). The molecule has 0 spiro atoms. The van der Waals surface area contributed by atoms with Gasteiger partial charge in [0.25, 0.3) is 0 Å². The number of carbonyl (C=O) groups excluding carboxylic acids is 1. The minimum atomic E-state index is -0.277. The second-order valence-corrected chi connectivity index (χ2v) is 7.81. The lowest BCUT2D eigenvalue weighted by molar-refractivity contribution is 0.0600. The highest BCUT2D eigenvalue weighted by Gasteiger charge is 2.29. The fraction of sp³-hybridized carbons (Fsp3) is 0.476. The number of fused-ring (bicyclic) bond motifs is 1. The summed E-state index contributed by atoms with van der Waals surface area (Å²) in [5.41, 5.74) is 4.27. The Morgan fingerprint density at radius 3 is 2.74 bits per heavy atom. The van der Waals surface area contributed by atoms with Crippen molar-refractivity contribution in [2.24, 2.45) is 0 Å². The van der Waals surface area contributed by atoms with Crippen molar-refractivity contribution in [3.8, 4) is 0 Å². The number of esters is 1. The van der Waals surface area contributed by atoms with Crippen molar-refractivity contribution in [2.45, 2.75) is 50.6 Å². The summed E-state index contributed by atoms with van der Waals surface area (Å²) in [7, 11) is 1.42. The first-order chi connectivity index (χ1) is 13.2. The van der Waals surface area contributed by atoms with Crippen LogP contribution >= 0.6 is 0 Å². The SMILES string of the molecule is COC(=O)c1ccc2c(c1)CCN(c1cc(C3CC3)nc(NC3CC3)n1)C2. The lowest BCUT2D eigenvalue weighted by Crippen LogP contribution is -2.31. The minimum Gasteiger partial charge on any atom is -0.465 e. The molecule has 0 bridgehead atoms. The number of nitrogens with zero attached hydrogens (tertiary/aromatic N) is 3. The van der Waals surface area contributed by atoms with Gasteiger partial charge in [0.15, 0.2) is 0 Å². The number of nitrogens with one attached hydrogen (secondary N) is 1. The van der Waals surface area contributed by atoms with Crippen LogP contribution in [0.3, 0.4) is 0 Å². The van der Waals surface area contributed by atoms with E-state index in [2.05, 4.69) is 16.3 Å². The Kier molecular flexibility index (Phi) is 3.99. The van der Waals surface area contributed by atoms with E-state index in [0.29, 0.717) is 17.5 Å². The third-order valence-electron chi connectivity index (χ3n) is 5.60. The monoisotopic (exact) mass is 364 g/mol. The van der Waals surface area contributed by atoms with Gasteiger partial charge in [0.2, 0.25) is 5.95 Å². The van der Waals surface area contributed by atoms with Crippen LogP contribution in [0.2, 0.25) is 0 Å². The summed E-state index contributed by atoms with van der Waals surface area (Å²) in [6.45, 7) is 1.70. The van der Waals surface area contributed by atoms with Crippen LogP contribution in [0.4, 0.5) is 11.8 Å². The fourth-order valence-electron chi connectivity index (χ4n) is 3.67. The molecule has 0 saturated heterocycles. The van der Waals surface area contributed by atoms with Gasteiger partial charge in [-0.1, -0.05) is 6.07 Å². The number of methoxy groups -OCH3 is 1. The molecule has 2 saturated carbocycles. The first-order valence-corrected chi connectivity index (χ1v) is 9.80. The summed E-state index contributed by atoms with van der Waals surface area (Å²) < 4.78 is 4.84. The molecule has 0 amide bonds. The van der Waals surface area contributed by atoms with Crippen molar-refractivity contribution in [1.29, 1.82) is 0 Å². The molecule has 27 heavy (non-hydrogen) atoms. The average Bonchev–Trinajstić information content (AvgIpc) is 3.60. The van der Waals surface area contributed by atoms with E-state index in [1.165, 1.54) is 49.6 Å². The van der Waals surface area contributed by atoms with Crippen LogP contribution in [0.5, 0.6) is 0 Å². The quantitative estimate of drug-likeness (QED) is 0.822. The van der Waals surface area contributed by atoms with E-state index in [-0.39, 0.29) is 5.97 Å². The molecule has 0 atom stereocenters. The summed E-state index contributed by atoms with van der Waals surface area (Å²) in [6.07, 6.45) is 5.79. The number of hydrogen-bond donors (Lipinski definition) is 1. The summed E-state index contributed by atoms with van der Waals surface area (Å²) >= 11 is 0. The molecule has 5 rings (SSSR count). The summed E-state index contributed by atoms with van der Waals surface area (Å²) in [4.78, 5) is 23.7. The molecule has 2 aliphatic carbocycles. The minimum absolute atomic E-state index is 0.277. The van der Waals surface area contributed by atoms with Gasteiger partial charge in [0, 0.05) is 31.1 Å². The predicted molar refractivity (Wildman–Crippen MR) is 103 cm³/mol. The topological polar surface area (TPSA) is 67.3 Å². The molecule has 0 unspecified atom stereocenters. The number of carbonyl (C=O) groups is 1. The first kappa shape index (κ1) is 16.5. The summed E-state index contributed by atoms with van der Waals surface area (Å²) in [6, 6.07) is 8.58. The van der Waals surface area contributed by atoms with Crippen LogP contribution < -0.4 is 10.2 Å². The summed E-state index contributed by atoms with van der Waals surface area (Å²) in [5, 5.41) is 3.46. The molecule has 1 aliphatic heterocycles. The Labute approximate surface area is 159 Å². The highest BCUT2D eigenvalue weighted by Crippen LogP contribution is 2.41. The van der Waals surface area contributed by atoms with Crippen LogP contribution in [0.15, 0.2) is 24.3 Å². The average molecular weight is 364 g/mol. The molecule has 140 valence electrons. The Bertz CT molecular complexity index is 890. The van der Waals surface area contributed by atoms with Crippen LogP contribution in [-0.2, 0) is 17.7 Å². The van der Waals surface area contributed by atoms with Gasteiger partial charge in [-0.05, 0) is 55.4 Å². The van der Waals surface area contributed by atoms with Gasteiger partial charge >= 0.3 is 5.97 Å². The van der Waals surface area contributed by atoms with E-state index in [9.17, 15) is 4.79 Å². The highest BCUT2D eigenvalue weighted by atomic mass is 16.5. The lowest BCUT2D eigenvalue weighted by Gasteiger charge is -2.30. The zero-order valence-electron chi connectivity index (χ0n) is 15.6. The third kappa shape index (κ3) is 3.48. The van der Waals surface area contributed by atoms with Crippen LogP contribution in [0.1, 0.15) is 58.8 Å². The number of rotatable bonds is 5. The molecule has 3 aliphatic rings. The third-order valence-corrected chi connectivity index (χ3v) is 5.60. The van der Waals surface area contributed by atoms with Gasteiger partial charge in [0.05, 0.1) is 18.4 Å². The van der Waals surface area contributed by atoms with E-state index in [4.69, 9.17) is 14.7 Å². The van der Waals surface area contributed by atoms with E-state index >= 15 is 0 Å². The molecule has 1 aromatic carbocycles. The van der Waals surface area contributed by atoms with Gasteiger partial charge in [0.1, 0.15) is 5.82 Å². The van der Waals surface area contributed by atoms with Crippen LogP contribution in [0.25, 0.3) is 0 Å². The van der Waals surface area contributed by atoms with E-state index in [1.54, 1.807) is 0 Å². The van der Waals surface area contributed by atoms with Crippen LogP contribution in [0, 0.1) is 0 Å². The maximum absolute atomic E-state index is 11.8. The number of aromatic nitrogens is 2. The molecule has 6 heteroatoms. The molecular weight excluding hydrogens is 340 g/mol. The fourth-order valence-corrected chi connectivity index (χ4v) is 3.67. The molecule has 2 aromatic rings. The zero-order valence-corrected chi connectivity index (χ0v) is 15.6. The van der Waals surface area contributed by atoms with Crippen molar-refractivity contribution in [1.82, 2.24) is 9.97 Å². The maximum atomic E-state index is 11.8. The van der Waals surface area contributed by atoms with Crippen molar-refractivity contribution >= 4 is 17.7 Å². The second kappa shape index (κ2) is 6.51. The normalized spacial score (nSPS) is 18.8. The maximum Gasteiger partial charge on any atom is 0.337 e. The van der Waals surface area contributed by atoms with Crippen molar-refractivity contribution < 1.29 is 9.53 Å². The number of anilines is 2. The van der Waals surface area contributed by atoms with Crippen molar-refractivity contribution in [3.05, 3.63) is 46.6 Å². The largest absolute Gasteiger partial charge is 0.465 e. The Hall–Kier alpha value is -2.63. The molecule has 1 aromatic heterocycles. The highest BCUT2D eigenvalue weighted by molar-refractivity contribution is 5.89. The second-order valence-electron chi connectivity index (χ2n) is 7.81. The molecule has 0 radical (unpaired) electrons. The van der Waals surface area contributed by atoms with Crippen LogP contribution in [-0.4, -0.2) is 35.6 Å². The summed E-state index contributed by atoms with van der Waals surface area (Å²) in [5.74, 6) is 2.12. The Morgan fingerprint density at radius 2 is 2.00 bits per heavy atom. The van der Waals surface area contributed by atoms with E-state index in [0.717, 1.165) is 31.3 Å². The molecular formula is C21H24N4O2. The van der Waals surface area contributed by atoms with Gasteiger partial charge in [-0.3, -0.25) is 0 Å². The predicted octanol–water partition coefficient (Wildman–Crippen LogP) is 3.28. The Morgan fingerprint density at radius 1 is 1.15 bits per heavy atom. The zero-order chi connectivity index (χ0) is 18.4. The molecule has 2 fully saturated rings. The van der Waals surface area contributed by atoms with Crippen molar-refractivity contribution in [2.75, 3.05) is 23.9 Å². The van der Waals surface area contributed by atoms with E-state index < -0.39 is 0 Å². The molecule has 2 heterocycles.